The van der Waals surface area contributed by atoms with E-state index in [9.17, 15) is 5.11 Å². The van der Waals surface area contributed by atoms with Gasteiger partial charge in [-0.05, 0) is 47.4 Å². The molecule has 0 radical (unpaired) electrons. The van der Waals surface area contributed by atoms with E-state index >= 15 is 0 Å². The van der Waals surface area contributed by atoms with Gasteiger partial charge in [0.25, 0.3) is 0 Å². The zero-order valence-electron chi connectivity index (χ0n) is 8.90. The maximum Gasteiger partial charge on any atom is 0.113 e. The molecule has 1 atom stereocenters. The molecule has 1 N–H and O–H groups in total. The van der Waals surface area contributed by atoms with Gasteiger partial charge in [-0.25, -0.2) is 0 Å². The average molecular weight is 218 g/mol. The smallest absolute Gasteiger partial charge is 0.113 e. The first-order valence-corrected chi connectivity index (χ1v) is 5.88. The van der Waals surface area contributed by atoms with E-state index in [-0.39, 0.29) is 0 Å². The number of benzene rings is 1. The molecule has 0 aliphatic rings. The maximum atomic E-state index is 10.5. The summed E-state index contributed by atoms with van der Waals surface area (Å²) in [7, 11) is 0. The molecule has 2 rings (SSSR count). The van der Waals surface area contributed by atoms with Crippen molar-refractivity contribution in [2.24, 2.45) is 0 Å². The van der Waals surface area contributed by atoms with Gasteiger partial charge >= 0.3 is 0 Å². The van der Waals surface area contributed by atoms with Crippen molar-refractivity contribution in [2.75, 3.05) is 0 Å². The third-order valence-electron chi connectivity index (χ3n) is 2.75. The second kappa shape index (κ2) is 3.80. The van der Waals surface area contributed by atoms with Crippen molar-refractivity contribution in [3.05, 3.63) is 57.8 Å². The van der Waals surface area contributed by atoms with E-state index in [1.165, 1.54) is 0 Å². The summed E-state index contributed by atoms with van der Waals surface area (Å²) in [5.41, 5.74) is 2.17. The molecule has 78 valence electrons. The quantitative estimate of drug-likeness (QED) is 0.820. The van der Waals surface area contributed by atoms with Crippen molar-refractivity contribution in [1.82, 2.24) is 0 Å². The van der Waals surface area contributed by atoms with Crippen molar-refractivity contribution in [2.45, 2.75) is 19.4 Å². The summed E-state index contributed by atoms with van der Waals surface area (Å²) in [5.74, 6) is 0. The van der Waals surface area contributed by atoms with Gasteiger partial charge in [0.05, 0.1) is 0 Å². The summed E-state index contributed by atoms with van der Waals surface area (Å²) >= 11 is 1.61. The zero-order chi connectivity index (χ0) is 10.9. The van der Waals surface area contributed by atoms with Crippen LogP contribution in [0.3, 0.4) is 0 Å². The van der Waals surface area contributed by atoms with Crippen LogP contribution in [0.1, 0.15) is 23.6 Å². The first-order chi connectivity index (χ1) is 7.12. The first-order valence-electron chi connectivity index (χ1n) is 4.93. The molecule has 15 heavy (non-hydrogen) atoms. The van der Waals surface area contributed by atoms with Gasteiger partial charge in [-0.1, -0.05) is 24.3 Å². The zero-order valence-corrected chi connectivity index (χ0v) is 9.71. The van der Waals surface area contributed by atoms with Crippen LogP contribution < -0.4 is 0 Å². The summed E-state index contributed by atoms with van der Waals surface area (Å²) in [4.78, 5) is 0. The highest BCUT2D eigenvalue weighted by Gasteiger charge is 2.27. The van der Waals surface area contributed by atoms with E-state index in [4.69, 9.17) is 0 Å². The van der Waals surface area contributed by atoms with Gasteiger partial charge in [0, 0.05) is 0 Å². The van der Waals surface area contributed by atoms with E-state index in [0.29, 0.717) is 0 Å². The average Bonchev–Trinajstić information content (AvgIpc) is 2.71. The molecular formula is C13H14OS. The van der Waals surface area contributed by atoms with Crippen molar-refractivity contribution in [1.29, 1.82) is 0 Å². The van der Waals surface area contributed by atoms with Gasteiger partial charge in [-0.3, -0.25) is 0 Å². The Hall–Kier alpha value is -1.12. The Morgan fingerprint density at radius 3 is 2.53 bits per heavy atom. The van der Waals surface area contributed by atoms with Gasteiger partial charge in [0.1, 0.15) is 5.60 Å². The molecule has 0 amide bonds. The Morgan fingerprint density at radius 1 is 1.20 bits per heavy atom. The molecule has 1 heterocycles. The lowest BCUT2D eigenvalue weighted by molar-refractivity contribution is 0.102. The summed E-state index contributed by atoms with van der Waals surface area (Å²) in [5, 5.41) is 14.5. The summed E-state index contributed by atoms with van der Waals surface area (Å²) < 4.78 is 0. The van der Waals surface area contributed by atoms with E-state index in [0.717, 1.165) is 16.7 Å². The molecule has 2 heteroatoms. The minimum atomic E-state index is -0.884. The third kappa shape index (κ3) is 1.83. The first kappa shape index (κ1) is 10.4. The topological polar surface area (TPSA) is 20.2 Å². The van der Waals surface area contributed by atoms with Crippen LogP contribution in [-0.2, 0) is 5.60 Å². The molecule has 0 bridgehead atoms. The van der Waals surface area contributed by atoms with Gasteiger partial charge in [0.15, 0.2) is 0 Å². The number of hydrogen-bond acceptors (Lipinski definition) is 2. The lowest BCUT2D eigenvalue weighted by atomic mass is 9.87. The molecule has 0 saturated carbocycles. The highest BCUT2D eigenvalue weighted by atomic mass is 32.1. The number of aryl methyl sites for hydroxylation is 1. The normalized spacial score (nSPS) is 14.9. The Morgan fingerprint density at radius 2 is 1.93 bits per heavy atom. The third-order valence-corrected chi connectivity index (χ3v) is 3.44. The number of thiophene rings is 1. The molecule has 2 aromatic rings. The number of hydrogen-bond donors (Lipinski definition) is 1. The standard InChI is InChI=1S/C13H14OS/c1-10-5-3-4-6-12(10)13(2,14)11-7-8-15-9-11/h3-9,14H,1-2H3. The van der Waals surface area contributed by atoms with Crippen molar-refractivity contribution in [3.63, 3.8) is 0 Å². The highest BCUT2D eigenvalue weighted by Crippen LogP contribution is 2.32. The highest BCUT2D eigenvalue weighted by molar-refractivity contribution is 7.08. The van der Waals surface area contributed by atoms with Crippen molar-refractivity contribution < 1.29 is 5.11 Å². The Labute approximate surface area is 94.0 Å². The Balaban J connectivity index is 2.51. The van der Waals surface area contributed by atoms with E-state index < -0.39 is 5.60 Å². The molecule has 0 saturated heterocycles. The second-order valence-corrected chi connectivity index (χ2v) is 4.68. The number of rotatable bonds is 2. The molecular weight excluding hydrogens is 204 g/mol. The van der Waals surface area contributed by atoms with Crippen LogP contribution in [0.4, 0.5) is 0 Å². The summed E-state index contributed by atoms with van der Waals surface area (Å²) in [6.45, 7) is 3.87. The van der Waals surface area contributed by atoms with Crippen LogP contribution in [0.5, 0.6) is 0 Å². The molecule has 1 aromatic carbocycles. The molecule has 0 spiro atoms. The Kier molecular flexibility index (Phi) is 2.63. The van der Waals surface area contributed by atoms with Crippen LogP contribution >= 0.6 is 11.3 Å². The predicted molar refractivity (Wildman–Crippen MR) is 64.2 cm³/mol. The van der Waals surface area contributed by atoms with Gasteiger partial charge < -0.3 is 5.11 Å². The van der Waals surface area contributed by atoms with Gasteiger partial charge in [-0.2, -0.15) is 11.3 Å². The summed E-state index contributed by atoms with van der Waals surface area (Å²) in [6, 6.07) is 9.92. The van der Waals surface area contributed by atoms with Crippen LogP contribution in [-0.4, -0.2) is 5.11 Å². The molecule has 0 aliphatic heterocycles. The fourth-order valence-electron chi connectivity index (χ4n) is 1.82. The SMILES string of the molecule is Cc1ccccc1C(C)(O)c1ccsc1. The monoisotopic (exact) mass is 218 g/mol. The minimum Gasteiger partial charge on any atom is -0.381 e. The second-order valence-electron chi connectivity index (χ2n) is 3.90. The molecule has 1 nitrogen and oxygen atoms in total. The van der Waals surface area contributed by atoms with Crippen molar-refractivity contribution in [3.8, 4) is 0 Å². The van der Waals surface area contributed by atoms with Crippen molar-refractivity contribution >= 4 is 11.3 Å². The fourth-order valence-corrected chi connectivity index (χ4v) is 2.57. The molecule has 0 aliphatic carbocycles. The lowest BCUT2D eigenvalue weighted by Gasteiger charge is -2.24. The lowest BCUT2D eigenvalue weighted by Crippen LogP contribution is -2.23. The predicted octanol–water partition coefficient (Wildman–Crippen LogP) is 3.31. The molecule has 1 unspecified atom stereocenters. The van der Waals surface area contributed by atoms with Gasteiger partial charge in [-0.15, -0.1) is 0 Å². The van der Waals surface area contributed by atoms with Gasteiger partial charge in [0.2, 0.25) is 0 Å². The number of aliphatic hydroxyl groups is 1. The van der Waals surface area contributed by atoms with E-state index in [2.05, 4.69) is 0 Å². The fraction of sp³-hybridized carbons (Fsp3) is 0.231. The van der Waals surface area contributed by atoms with Crippen LogP contribution in [0, 0.1) is 6.92 Å². The molecule has 0 fully saturated rings. The maximum absolute atomic E-state index is 10.5. The van der Waals surface area contributed by atoms with E-state index in [1.807, 2.05) is 54.9 Å². The minimum absolute atomic E-state index is 0.884. The Bertz CT molecular complexity index is 443. The summed E-state index contributed by atoms with van der Waals surface area (Å²) in [6.07, 6.45) is 0. The van der Waals surface area contributed by atoms with Crippen LogP contribution in [0.25, 0.3) is 0 Å². The van der Waals surface area contributed by atoms with E-state index in [1.54, 1.807) is 11.3 Å². The molecule has 1 aromatic heterocycles. The largest absolute Gasteiger partial charge is 0.381 e. The van der Waals surface area contributed by atoms with Crippen LogP contribution in [0.2, 0.25) is 0 Å². The van der Waals surface area contributed by atoms with Crippen LogP contribution in [0.15, 0.2) is 41.1 Å².